The minimum Gasteiger partial charge on any atom is -0.378 e. The van der Waals surface area contributed by atoms with Gasteiger partial charge in [-0.05, 0) is 32.6 Å². The van der Waals surface area contributed by atoms with Crippen LogP contribution in [0.4, 0.5) is 0 Å². The number of rotatable bonds is 5. The lowest BCUT2D eigenvalue weighted by atomic mass is 9.63. The third kappa shape index (κ3) is 2.60. The van der Waals surface area contributed by atoms with E-state index >= 15 is 0 Å². The van der Waals surface area contributed by atoms with Crippen molar-refractivity contribution in [2.45, 2.75) is 78.7 Å². The van der Waals surface area contributed by atoms with Crippen LogP contribution in [0.25, 0.3) is 0 Å². The lowest BCUT2D eigenvalue weighted by Crippen LogP contribution is -2.64. The molecule has 0 aromatic heterocycles. The highest BCUT2D eigenvalue weighted by Gasteiger charge is 2.56. The first-order chi connectivity index (χ1) is 9.28. The number of hydrogen-bond donors (Lipinski definition) is 1. The van der Waals surface area contributed by atoms with E-state index in [9.17, 15) is 4.79 Å². The zero-order valence-corrected chi connectivity index (χ0v) is 13.8. The zero-order valence-electron chi connectivity index (χ0n) is 13.8. The van der Waals surface area contributed by atoms with Gasteiger partial charge in [0.05, 0.1) is 18.3 Å². The summed E-state index contributed by atoms with van der Waals surface area (Å²) < 4.78 is 5.80. The number of carbonyl (C=O) groups excluding carboxylic acids is 1. The van der Waals surface area contributed by atoms with Gasteiger partial charge in [-0.3, -0.25) is 10.1 Å². The predicted octanol–water partition coefficient (Wildman–Crippen LogP) is 2.38. The van der Waals surface area contributed by atoms with E-state index in [0.717, 1.165) is 19.4 Å². The lowest BCUT2D eigenvalue weighted by molar-refractivity contribution is -0.168. The molecule has 1 saturated heterocycles. The Labute approximate surface area is 123 Å². The van der Waals surface area contributed by atoms with Gasteiger partial charge >= 0.3 is 0 Å². The van der Waals surface area contributed by atoms with E-state index in [1.54, 1.807) is 0 Å². The highest BCUT2D eigenvalue weighted by molar-refractivity contribution is 5.84. The molecule has 0 spiro atoms. The van der Waals surface area contributed by atoms with Gasteiger partial charge in [0, 0.05) is 18.1 Å². The Hall–Kier alpha value is -0.610. The minimum absolute atomic E-state index is 0.0483. The predicted molar refractivity (Wildman–Crippen MR) is 80.3 cm³/mol. The number of hydrogen-bond acceptors (Lipinski definition) is 3. The van der Waals surface area contributed by atoms with Gasteiger partial charge in [-0.1, -0.05) is 27.7 Å². The normalized spacial score (nSPS) is 36.5. The van der Waals surface area contributed by atoms with E-state index in [0.29, 0.717) is 12.0 Å². The van der Waals surface area contributed by atoms with Crippen molar-refractivity contribution < 1.29 is 9.53 Å². The van der Waals surface area contributed by atoms with Gasteiger partial charge in [-0.15, -0.1) is 0 Å². The molecule has 2 fully saturated rings. The summed E-state index contributed by atoms with van der Waals surface area (Å²) in [5, 5.41) is 3.45. The first-order valence-electron chi connectivity index (χ1n) is 7.98. The molecule has 4 atom stereocenters. The van der Waals surface area contributed by atoms with Crippen LogP contribution >= 0.6 is 0 Å². The Morgan fingerprint density at radius 1 is 1.45 bits per heavy atom. The van der Waals surface area contributed by atoms with Crippen molar-refractivity contribution in [3.05, 3.63) is 0 Å². The summed E-state index contributed by atoms with van der Waals surface area (Å²) in [6.07, 6.45) is 2.45. The van der Waals surface area contributed by atoms with E-state index in [1.807, 2.05) is 13.8 Å². The molecule has 4 unspecified atom stereocenters. The van der Waals surface area contributed by atoms with Crippen LogP contribution in [0.15, 0.2) is 0 Å². The first kappa shape index (κ1) is 15.8. The monoisotopic (exact) mass is 282 g/mol. The quantitative estimate of drug-likeness (QED) is 0.842. The molecule has 0 radical (unpaired) electrons. The van der Waals surface area contributed by atoms with Crippen molar-refractivity contribution in [1.82, 2.24) is 10.2 Å². The van der Waals surface area contributed by atoms with Crippen molar-refractivity contribution in [3.63, 3.8) is 0 Å². The molecule has 0 bridgehead atoms. The number of carbonyl (C=O) groups is 1. The number of nitrogens with zero attached hydrogens (tertiary/aromatic N) is 1. The number of ether oxygens (including phenoxy) is 1. The van der Waals surface area contributed by atoms with Crippen LogP contribution in [0.2, 0.25) is 0 Å². The molecular formula is C16H30N2O2. The van der Waals surface area contributed by atoms with E-state index in [-0.39, 0.29) is 29.6 Å². The maximum Gasteiger partial charge on any atom is 0.240 e. The van der Waals surface area contributed by atoms with E-state index in [2.05, 4.69) is 37.9 Å². The smallest absolute Gasteiger partial charge is 0.240 e. The molecule has 2 rings (SSSR count). The summed E-state index contributed by atoms with van der Waals surface area (Å²) in [5.74, 6) is 0.836. The Kier molecular flexibility index (Phi) is 4.45. The summed E-state index contributed by atoms with van der Waals surface area (Å²) in [5.41, 5.74) is 0.0483. The summed E-state index contributed by atoms with van der Waals surface area (Å²) in [6.45, 7) is 13.6. The van der Waals surface area contributed by atoms with Gasteiger partial charge < -0.3 is 9.64 Å². The third-order valence-electron chi connectivity index (χ3n) is 4.93. The highest BCUT2D eigenvalue weighted by Crippen LogP contribution is 2.47. The fraction of sp³-hybridized carbons (Fsp3) is 0.938. The van der Waals surface area contributed by atoms with Crippen molar-refractivity contribution >= 4 is 5.91 Å². The minimum atomic E-state index is -0.0549. The van der Waals surface area contributed by atoms with Crippen molar-refractivity contribution in [2.75, 3.05) is 6.61 Å². The molecule has 1 N–H and O–H groups in total. The summed E-state index contributed by atoms with van der Waals surface area (Å²) in [7, 11) is 0. The summed E-state index contributed by atoms with van der Waals surface area (Å²) in [4.78, 5) is 14.6. The fourth-order valence-electron chi connectivity index (χ4n) is 3.64. The van der Waals surface area contributed by atoms with Crippen LogP contribution in [-0.2, 0) is 9.53 Å². The van der Waals surface area contributed by atoms with Crippen LogP contribution < -0.4 is 5.32 Å². The van der Waals surface area contributed by atoms with Gasteiger partial charge in [0.2, 0.25) is 5.91 Å². The molecular weight excluding hydrogens is 252 g/mol. The van der Waals surface area contributed by atoms with Crippen molar-refractivity contribution in [1.29, 1.82) is 0 Å². The maximum atomic E-state index is 12.5. The molecule has 116 valence electrons. The third-order valence-corrected chi connectivity index (χ3v) is 4.93. The van der Waals surface area contributed by atoms with Gasteiger partial charge in [0.25, 0.3) is 0 Å². The van der Waals surface area contributed by atoms with E-state index in [4.69, 9.17) is 4.74 Å². The van der Waals surface area contributed by atoms with Crippen LogP contribution in [0.3, 0.4) is 0 Å². The fourth-order valence-corrected chi connectivity index (χ4v) is 3.64. The Balaban J connectivity index is 2.11. The van der Waals surface area contributed by atoms with Crippen LogP contribution in [0.5, 0.6) is 0 Å². The van der Waals surface area contributed by atoms with Gasteiger partial charge in [0.15, 0.2) is 0 Å². The molecule has 1 heterocycles. The van der Waals surface area contributed by atoms with Crippen molar-refractivity contribution in [2.24, 2.45) is 11.3 Å². The van der Waals surface area contributed by atoms with Crippen LogP contribution in [-0.4, -0.2) is 41.8 Å². The number of nitrogens with one attached hydrogen (secondary N) is 1. The van der Waals surface area contributed by atoms with Crippen LogP contribution in [0.1, 0.15) is 54.4 Å². The molecule has 1 saturated carbocycles. The van der Waals surface area contributed by atoms with E-state index in [1.165, 1.54) is 0 Å². The first-order valence-corrected chi connectivity index (χ1v) is 7.98. The Morgan fingerprint density at radius 3 is 2.60 bits per heavy atom. The molecule has 2 aliphatic rings. The van der Waals surface area contributed by atoms with Crippen LogP contribution in [0, 0.1) is 11.3 Å². The molecule has 1 aliphatic carbocycles. The van der Waals surface area contributed by atoms with Gasteiger partial charge in [-0.25, -0.2) is 0 Å². The average molecular weight is 282 g/mol. The molecule has 1 amide bonds. The standard InChI is InChI=1S/C16H30N2O2/c1-7-20-13-9-12(16(13,5)6)18-14(8-10(2)3)17-11(4)15(18)19/h10-14,17H,7-9H2,1-6H3. The van der Waals surface area contributed by atoms with Crippen molar-refractivity contribution in [3.8, 4) is 0 Å². The molecule has 20 heavy (non-hydrogen) atoms. The van der Waals surface area contributed by atoms with Gasteiger partial charge in [0.1, 0.15) is 0 Å². The average Bonchev–Trinajstić information content (AvgIpc) is 2.60. The van der Waals surface area contributed by atoms with E-state index < -0.39 is 0 Å². The molecule has 0 aromatic carbocycles. The Bertz CT molecular complexity index is 367. The molecule has 4 heteroatoms. The number of amides is 1. The lowest BCUT2D eigenvalue weighted by Gasteiger charge is -2.56. The SMILES string of the molecule is CCOC1CC(N2C(=O)C(C)NC2CC(C)C)C1(C)C. The summed E-state index contributed by atoms with van der Waals surface area (Å²) >= 11 is 0. The second kappa shape index (κ2) is 5.64. The molecule has 1 aliphatic heterocycles. The second-order valence-corrected chi connectivity index (χ2v) is 7.30. The maximum absolute atomic E-state index is 12.5. The molecule has 4 nitrogen and oxygen atoms in total. The highest BCUT2D eigenvalue weighted by atomic mass is 16.5. The molecule has 0 aromatic rings. The zero-order chi connectivity index (χ0) is 15.1. The van der Waals surface area contributed by atoms with Gasteiger partial charge in [-0.2, -0.15) is 0 Å². The summed E-state index contributed by atoms with van der Waals surface area (Å²) in [6, 6.07) is 0.244. The largest absolute Gasteiger partial charge is 0.378 e. The Morgan fingerprint density at radius 2 is 2.10 bits per heavy atom. The second-order valence-electron chi connectivity index (χ2n) is 7.30. The topological polar surface area (TPSA) is 41.6 Å².